The molecule has 1 radical (unpaired) electrons. The molecular formula is C3H6BO2. The number of hydrogen-bond donors (Lipinski definition) is 1. The predicted octanol–water partition coefficient (Wildman–Crippen LogP) is 0.0631. The molecular weight excluding hydrogens is 78.8 g/mol. The molecule has 0 aromatic heterocycles. The molecule has 3 heteroatoms. The van der Waals surface area contributed by atoms with Crippen LogP contribution in [0.1, 0.15) is 6.92 Å². The van der Waals surface area contributed by atoms with E-state index in [0.717, 1.165) is 0 Å². The third-order valence-electron chi connectivity index (χ3n) is 0.276. The summed E-state index contributed by atoms with van der Waals surface area (Å²) < 4.78 is 4.23. The number of rotatable bonds is 2. The van der Waals surface area contributed by atoms with E-state index in [1.807, 2.05) is 0 Å². The smallest absolute Gasteiger partial charge is 0.544 e. The third kappa shape index (κ3) is 3.56. The zero-order valence-corrected chi connectivity index (χ0v) is 3.59. The van der Waals surface area contributed by atoms with Gasteiger partial charge in [-0.25, -0.2) is 0 Å². The van der Waals surface area contributed by atoms with Crippen LogP contribution in [0.4, 0.5) is 0 Å². The van der Waals surface area contributed by atoms with Crippen molar-refractivity contribution in [3.8, 4) is 0 Å². The van der Waals surface area contributed by atoms with E-state index in [1.165, 1.54) is 6.26 Å². The highest BCUT2D eigenvalue weighted by molar-refractivity contribution is 6.16. The lowest BCUT2D eigenvalue weighted by Crippen LogP contribution is -1.86. The first-order valence-electron chi connectivity index (χ1n) is 1.64. The number of hydrogen-bond acceptors (Lipinski definition) is 2. The van der Waals surface area contributed by atoms with Crippen LogP contribution >= 0.6 is 0 Å². The Morgan fingerprint density at radius 3 is 2.67 bits per heavy atom. The fraction of sp³-hybridized carbons (Fsp3) is 0.333. The van der Waals surface area contributed by atoms with Gasteiger partial charge < -0.3 is 9.68 Å². The van der Waals surface area contributed by atoms with Gasteiger partial charge in [-0.15, -0.1) is 0 Å². The molecule has 1 N–H and O–H groups in total. The van der Waals surface area contributed by atoms with Crippen molar-refractivity contribution in [1.82, 2.24) is 0 Å². The molecule has 0 aliphatic rings. The standard InChI is InChI=1S/C3H6BO2/c1-2-3-6-4-5/h2-3,5H,1H3. The fourth-order valence-corrected chi connectivity index (χ4v) is 0.114. The highest BCUT2D eigenvalue weighted by Crippen LogP contribution is 1.67. The van der Waals surface area contributed by atoms with Crippen LogP contribution in [0.15, 0.2) is 12.3 Å². The molecule has 0 atom stereocenters. The Kier molecular flexibility index (Phi) is 4.23. The summed E-state index contributed by atoms with van der Waals surface area (Å²) in [7, 11) is 0.625. The second-order valence-electron chi connectivity index (χ2n) is 0.711. The lowest BCUT2D eigenvalue weighted by molar-refractivity contribution is 0.406. The molecule has 0 saturated carbocycles. The Bertz CT molecular complexity index is 44.1. The molecule has 0 heterocycles. The lowest BCUT2D eigenvalue weighted by Gasteiger charge is -1.82. The first kappa shape index (κ1) is 5.56. The summed E-state index contributed by atoms with van der Waals surface area (Å²) in [5, 5.41) is 7.80. The molecule has 0 spiro atoms. The molecule has 2 nitrogen and oxygen atoms in total. The minimum absolute atomic E-state index is 0.625. The van der Waals surface area contributed by atoms with Crippen LogP contribution in [-0.4, -0.2) is 12.7 Å². The summed E-state index contributed by atoms with van der Waals surface area (Å²) in [5.74, 6) is 0. The molecule has 0 unspecified atom stereocenters. The van der Waals surface area contributed by atoms with Gasteiger partial charge in [0.05, 0.1) is 6.26 Å². The van der Waals surface area contributed by atoms with Crippen molar-refractivity contribution in [1.29, 1.82) is 0 Å². The molecule has 0 aromatic rings. The Labute approximate surface area is 37.7 Å². The number of allylic oxidation sites excluding steroid dienone is 1. The van der Waals surface area contributed by atoms with E-state index in [-0.39, 0.29) is 0 Å². The van der Waals surface area contributed by atoms with E-state index in [0.29, 0.717) is 7.69 Å². The normalized spacial score (nSPS) is 9.00. The summed E-state index contributed by atoms with van der Waals surface area (Å²) in [4.78, 5) is 0. The van der Waals surface area contributed by atoms with E-state index in [2.05, 4.69) is 4.65 Å². The summed E-state index contributed by atoms with van der Waals surface area (Å²) in [5.41, 5.74) is 0. The van der Waals surface area contributed by atoms with E-state index in [4.69, 9.17) is 5.02 Å². The van der Waals surface area contributed by atoms with E-state index >= 15 is 0 Å². The Morgan fingerprint density at radius 2 is 2.50 bits per heavy atom. The minimum Gasteiger partial charge on any atom is -0.544 e. The van der Waals surface area contributed by atoms with Gasteiger partial charge in [0.1, 0.15) is 0 Å². The van der Waals surface area contributed by atoms with E-state index < -0.39 is 0 Å². The van der Waals surface area contributed by atoms with Gasteiger partial charge in [-0.2, -0.15) is 0 Å². The molecule has 0 aliphatic heterocycles. The summed E-state index contributed by atoms with van der Waals surface area (Å²) in [6.45, 7) is 1.80. The fourth-order valence-electron chi connectivity index (χ4n) is 0.114. The van der Waals surface area contributed by atoms with Crippen LogP contribution in [0.25, 0.3) is 0 Å². The van der Waals surface area contributed by atoms with Gasteiger partial charge >= 0.3 is 7.69 Å². The zero-order valence-electron chi connectivity index (χ0n) is 3.59. The monoisotopic (exact) mass is 85.0 g/mol. The molecule has 0 amide bonds. The Morgan fingerprint density at radius 1 is 1.83 bits per heavy atom. The molecule has 33 valence electrons. The van der Waals surface area contributed by atoms with Crippen molar-refractivity contribution < 1.29 is 9.68 Å². The topological polar surface area (TPSA) is 29.5 Å². The molecule has 0 aliphatic carbocycles. The maximum atomic E-state index is 7.80. The second-order valence-corrected chi connectivity index (χ2v) is 0.711. The van der Waals surface area contributed by atoms with Crippen molar-refractivity contribution in [2.75, 3.05) is 0 Å². The van der Waals surface area contributed by atoms with Crippen LogP contribution in [0.2, 0.25) is 0 Å². The Hall–Kier alpha value is -0.435. The van der Waals surface area contributed by atoms with Gasteiger partial charge in [0, 0.05) is 0 Å². The van der Waals surface area contributed by atoms with Crippen molar-refractivity contribution in [2.24, 2.45) is 0 Å². The van der Waals surface area contributed by atoms with Crippen molar-refractivity contribution >= 4 is 7.69 Å². The summed E-state index contributed by atoms with van der Waals surface area (Å²) >= 11 is 0. The quantitative estimate of drug-likeness (QED) is 0.379. The molecule has 0 aromatic carbocycles. The third-order valence-corrected chi connectivity index (χ3v) is 0.276. The molecule has 0 rings (SSSR count). The van der Waals surface area contributed by atoms with Crippen LogP contribution in [0, 0.1) is 0 Å². The first-order chi connectivity index (χ1) is 2.91. The lowest BCUT2D eigenvalue weighted by atomic mass is 10.4. The minimum atomic E-state index is 0.625. The van der Waals surface area contributed by atoms with Gasteiger partial charge in [-0.1, -0.05) is 6.08 Å². The van der Waals surface area contributed by atoms with Crippen LogP contribution < -0.4 is 0 Å². The first-order valence-corrected chi connectivity index (χ1v) is 1.64. The second kappa shape index (κ2) is 4.56. The molecule has 0 fully saturated rings. The predicted molar refractivity (Wildman–Crippen MR) is 23.9 cm³/mol. The maximum absolute atomic E-state index is 7.80. The van der Waals surface area contributed by atoms with Crippen LogP contribution in [-0.2, 0) is 4.65 Å². The van der Waals surface area contributed by atoms with Gasteiger partial charge in [-0.05, 0) is 6.92 Å². The van der Waals surface area contributed by atoms with Gasteiger partial charge in [0.15, 0.2) is 0 Å². The highest BCUT2D eigenvalue weighted by Gasteiger charge is 1.72. The summed E-state index contributed by atoms with van der Waals surface area (Å²) in [6, 6.07) is 0. The van der Waals surface area contributed by atoms with Gasteiger partial charge in [0.2, 0.25) is 0 Å². The maximum Gasteiger partial charge on any atom is 0.568 e. The SMILES string of the molecule is CC=CO[B]O. The Balaban J connectivity index is 2.66. The van der Waals surface area contributed by atoms with Gasteiger partial charge in [0.25, 0.3) is 0 Å². The highest BCUT2D eigenvalue weighted by atomic mass is 16.5. The average Bonchev–Trinajstić information content (AvgIpc) is 1.61. The molecule has 6 heavy (non-hydrogen) atoms. The van der Waals surface area contributed by atoms with E-state index in [9.17, 15) is 0 Å². The molecule has 0 bridgehead atoms. The largest absolute Gasteiger partial charge is 0.568 e. The van der Waals surface area contributed by atoms with Crippen LogP contribution in [0.5, 0.6) is 0 Å². The van der Waals surface area contributed by atoms with Crippen molar-refractivity contribution in [3.05, 3.63) is 12.3 Å². The van der Waals surface area contributed by atoms with Crippen molar-refractivity contribution in [2.45, 2.75) is 6.92 Å². The van der Waals surface area contributed by atoms with E-state index in [1.54, 1.807) is 13.0 Å². The average molecular weight is 84.9 g/mol. The zero-order chi connectivity index (χ0) is 4.83. The molecule has 0 saturated heterocycles. The summed E-state index contributed by atoms with van der Waals surface area (Å²) in [6.07, 6.45) is 3.05. The van der Waals surface area contributed by atoms with Crippen LogP contribution in [0.3, 0.4) is 0 Å². The van der Waals surface area contributed by atoms with Crippen molar-refractivity contribution in [3.63, 3.8) is 0 Å². The van der Waals surface area contributed by atoms with Gasteiger partial charge in [-0.3, -0.25) is 0 Å².